The van der Waals surface area contributed by atoms with Gasteiger partial charge in [-0.15, -0.1) is 0 Å². The van der Waals surface area contributed by atoms with Crippen molar-refractivity contribution in [3.63, 3.8) is 0 Å². The molecule has 0 aliphatic rings. The first-order valence-electron chi connectivity index (χ1n) is 6.48. The topological polar surface area (TPSA) is 78.4 Å². The molecule has 21 heavy (non-hydrogen) atoms. The van der Waals surface area contributed by atoms with Crippen molar-refractivity contribution in [1.82, 2.24) is 0 Å². The van der Waals surface area contributed by atoms with E-state index in [0.717, 1.165) is 12.0 Å². The molecule has 2 aromatic carbocycles. The van der Waals surface area contributed by atoms with Crippen LogP contribution < -0.4 is 10.5 Å². The quantitative estimate of drug-likeness (QED) is 0.633. The summed E-state index contributed by atoms with van der Waals surface area (Å²) in [6, 6.07) is 11.8. The van der Waals surface area contributed by atoms with Gasteiger partial charge >= 0.3 is 0 Å². The average molecular weight is 351 g/mol. The summed E-state index contributed by atoms with van der Waals surface area (Å²) in [4.78, 5) is 10.4. The molecule has 110 valence electrons. The summed E-state index contributed by atoms with van der Waals surface area (Å²) in [6.07, 6.45) is 0.777. The lowest BCUT2D eigenvalue weighted by molar-refractivity contribution is -0.385. The van der Waals surface area contributed by atoms with E-state index in [4.69, 9.17) is 10.5 Å². The first-order chi connectivity index (χ1) is 10.0. The van der Waals surface area contributed by atoms with Gasteiger partial charge in [-0.05, 0) is 18.6 Å². The molecule has 0 saturated carbocycles. The molecule has 0 amide bonds. The number of rotatable bonds is 5. The summed E-state index contributed by atoms with van der Waals surface area (Å²) in [5, 5.41) is 10.9. The van der Waals surface area contributed by atoms with Gasteiger partial charge in [0.15, 0.2) is 0 Å². The van der Waals surface area contributed by atoms with Crippen LogP contribution in [0, 0.1) is 10.1 Å². The molecule has 2 aromatic rings. The molecule has 0 heterocycles. The van der Waals surface area contributed by atoms with Crippen LogP contribution in [-0.4, -0.2) is 4.92 Å². The second-order valence-corrected chi connectivity index (χ2v) is 5.47. The van der Waals surface area contributed by atoms with Crippen molar-refractivity contribution in [2.75, 3.05) is 0 Å². The molecule has 0 aliphatic carbocycles. The Morgan fingerprint density at radius 3 is 2.71 bits per heavy atom. The number of nitro groups is 1. The highest BCUT2D eigenvalue weighted by Gasteiger charge is 2.13. The minimum absolute atomic E-state index is 0.0309. The van der Waals surface area contributed by atoms with Crippen LogP contribution in [0.3, 0.4) is 0 Å². The molecule has 0 aromatic heterocycles. The maximum Gasteiger partial charge on any atom is 0.274 e. The molecule has 0 saturated heterocycles. The summed E-state index contributed by atoms with van der Waals surface area (Å²) in [6.45, 7) is 1.99. The molecule has 0 spiro atoms. The monoisotopic (exact) mass is 350 g/mol. The Hall–Kier alpha value is -1.92. The minimum atomic E-state index is -0.457. The van der Waals surface area contributed by atoms with Gasteiger partial charge in [-0.1, -0.05) is 41.1 Å². The van der Waals surface area contributed by atoms with Crippen molar-refractivity contribution >= 4 is 21.6 Å². The largest absolute Gasteiger partial charge is 0.457 e. The molecular weight excluding hydrogens is 336 g/mol. The highest BCUT2D eigenvalue weighted by Crippen LogP contribution is 2.33. The number of para-hydroxylation sites is 1. The molecular formula is C15H15BrN2O3. The van der Waals surface area contributed by atoms with Gasteiger partial charge in [0.2, 0.25) is 0 Å². The number of halogens is 1. The highest BCUT2D eigenvalue weighted by molar-refractivity contribution is 9.10. The fourth-order valence-electron chi connectivity index (χ4n) is 1.94. The van der Waals surface area contributed by atoms with Gasteiger partial charge in [0.1, 0.15) is 11.5 Å². The first kappa shape index (κ1) is 15.5. The predicted octanol–water partition coefficient (Wildman–Crippen LogP) is 4.56. The van der Waals surface area contributed by atoms with Crippen LogP contribution in [0.1, 0.15) is 24.9 Å². The number of nitrogens with zero attached hydrogens (tertiary/aromatic N) is 1. The lowest BCUT2D eigenvalue weighted by Crippen LogP contribution is -2.09. The van der Waals surface area contributed by atoms with Crippen molar-refractivity contribution < 1.29 is 9.66 Å². The van der Waals surface area contributed by atoms with Gasteiger partial charge in [-0.3, -0.25) is 10.1 Å². The molecule has 0 fully saturated rings. The molecule has 6 heteroatoms. The average Bonchev–Trinajstić information content (AvgIpc) is 2.46. The van der Waals surface area contributed by atoms with E-state index in [1.165, 1.54) is 12.1 Å². The van der Waals surface area contributed by atoms with Crippen molar-refractivity contribution in [2.24, 2.45) is 5.73 Å². The number of ether oxygens (including phenoxy) is 1. The third-order valence-electron chi connectivity index (χ3n) is 3.05. The van der Waals surface area contributed by atoms with E-state index in [1.54, 1.807) is 12.1 Å². The number of nitro benzene ring substituents is 1. The van der Waals surface area contributed by atoms with E-state index < -0.39 is 4.92 Å². The number of non-ortho nitro benzene ring substituents is 1. The molecule has 0 aliphatic heterocycles. The number of hydrogen-bond acceptors (Lipinski definition) is 4. The fourth-order valence-corrected chi connectivity index (χ4v) is 2.40. The fraction of sp³-hybridized carbons (Fsp3) is 0.200. The Balaban J connectivity index is 2.36. The van der Waals surface area contributed by atoms with Crippen LogP contribution in [0.15, 0.2) is 46.9 Å². The smallest absolute Gasteiger partial charge is 0.274 e. The maximum absolute atomic E-state index is 10.9. The zero-order valence-corrected chi connectivity index (χ0v) is 13.0. The Kier molecular flexibility index (Phi) is 4.93. The number of nitrogens with two attached hydrogens (primary N) is 1. The van der Waals surface area contributed by atoms with E-state index in [2.05, 4.69) is 15.9 Å². The Labute approximate surface area is 131 Å². The minimum Gasteiger partial charge on any atom is -0.457 e. The summed E-state index contributed by atoms with van der Waals surface area (Å²) in [5.74, 6) is 1.01. The van der Waals surface area contributed by atoms with Crippen molar-refractivity contribution in [3.8, 4) is 11.5 Å². The van der Waals surface area contributed by atoms with E-state index in [0.29, 0.717) is 16.0 Å². The van der Waals surface area contributed by atoms with Crippen LogP contribution in [0.5, 0.6) is 11.5 Å². The van der Waals surface area contributed by atoms with Gasteiger partial charge in [0, 0.05) is 22.1 Å². The second-order valence-electron chi connectivity index (χ2n) is 4.56. The predicted molar refractivity (Wildman–Crippen MR) is 84.5 cm³/mol. The second kappa shape index (κ2) is 6.69. The van der Waals surface area contributed by atoms with E-state index >= 15 is 0 Å². The summed E-state index contributed by atoms with van der Waals surface area (Å²) in [5.41, 5.74) is 6.91. The van der Waals surface area contributed by atoms with Crippen molar-refractivity contribution in [2.45, 2.75) is 19.4 Å². The van der Waals surface area contributed by atoms with Crippen LogP contribution >= 0.6 is 15.9 Å². The van der Waals surface area contributed by atoms with E-state index in [1.807, 2.05) is 25.1 Å². The van der Waals surface area contributed by atoms with Crippen LogP contribution in [0.4, 0.5) is 5.69 Å². The highest BCUT2D eigenvalue weighted by atomic mass is 79.9. The van der Waals surface area contributed by atoms with Crippen molar-refractivity contribution in [1.29, 1.82) is 0 Å². The van der Waals surface area contributed by atoms with Crippen LogP contribution in [-0.2, 0) is 0 Å². The Bertz CT molecular complexity index is 661. The van der Waals surface area contributed by atoms with E-state index in [9.17, 15) is 10.1 Å². The summed E-state index contributed by atoms with van der Waals surface area (Å²) < 4.78 is 6.38. The number of benzene rings is 2. The van der Waals surface area contributed by atoms with E-state index in [-0.39, 0.29) is 11.7 Å². The number of hydrogen-bond donors (Lipinski definition) is 1. The molecule has 0 radical (unpaired) electrons. The van der Waals surface area contributed by atoms with Gasteiger partial charge in [-0.25, -0.2) is 0 Å². The van der Waals surface area contributed by atoms with Gasteiger partial charge in [0.05, 0.1) is 11.0 Å². The summed E-state index contributed by atoms with van der Waals surface area (Å²) in [7, 11) is 0. The standard InChI is InChI=1S/C15H15BrN2O3/c1-2-14(17)13-5-3-4-6-15(13)21-12-8-10(16)7-11(9-12)18(19)20/h3-9,14H,2,17H2,1H3/t14-/m0/s1. The molecule has 0 unspecified atom stereocenters. The molecule has 2 rings (SSSR count). The third-order valence-corrected chi connectivity index (χ3v) is 3.51. The molecule has 2 N–H and O–H groups in total. The summed E-state index contributed by atoms with van der Waals surface area (Å²) >= 11 is 3.25. The van der Waals surface area contributed by atoms with Crippen molar-refractivity contribution in [3.05, 3.63) is 62.6 Å². The first-order valence-corrected chi connectivity index (χ1v) is 7.28. The normalized spacial score (nSPS) is 12.0. The van der Waals surface area contributed by atoms with Gasteiger partial charge in [-0.2, -0.15) is 0 Å². The zero-order valence-electron chi connectivity index (χ0n) is 11.5. The third kappa shape index (κ3) is 3.80. The Morgan fingerprint density at radius 1 is 1.33 bits per heavy atom. The van der Waals surface area contributed by atoms with Crippen LogP contribution in [0.2, 0.25) is 0 Å². The lowest BCUT2D eigenvalue weighted by Gasteiger charge is -2.15. The SMILES string of the molecule is CC[C@H](N)c1ccccc1Oc1cc(Br)cc([N+](=O)[O-])c1. The molecule has 5 nitrogen and oxygen atoms in total. The zero-order chi connectivity index (χ0) is 15.4. The molecule has 0 bridgehead atoms. The van der Waals surface area contributed by atoms with Crippen LogP contribution in [0.25, 0.3) is 0 Å². The van der Waals surface area contributed by atoms with Gasteiger partial charge < -0.3 is 10.5 Å². The maximum atomic E-state index is 10.9. The van der Waals surface area contributed by atoms with Gasteiger partial charge in [0.25, 0.3) is 5.69 Å². The Morgan fingerprint density at radius 2 is 2.05 bits per heavy atom. The lowest BCUT2D eigenvalue weighted by atomic mass is 10.0. The molecule has 1 atom stereocenters.